The van der Waals surface area contributed by atoms with Crippen LogP contribution in [0.1, 0.15) is 5.56 Å². The number of thiophene rings is 1. The lowest BCUT2D eigenvalue weighted by atomic mass is 10.0. The Morgan fingerprint density at radius 3 is 2.52 bits per heavy atom. The van der Waals surface area contributed by atoms with Gasteiger partial charge >= 0.3 is 0 Å². The van der Waals surface area contributed by atoms with E-state index >= 15 is 0 Å². The molecule has 0 fully saturated rings. The average molecular weight is 397 g/mol. The van der Waals surface area contributed by atoms with Crippen molar-refractivity contribution in [2.75, 3.05) is 0 Å². The first kappa shape index (κ1) is 17.3. The lowest BCUT2D eigenvalue weighted by Crippen LogP contribution is -2.16. The van der Waals surface area contributed by atoms with Gasteiger partial charge in [0.2, 0.25) is 0 Å². The molecule has 29 heavy (non-hydrogen) atoms. The summed E-state index contributed by atoms with van der Waals surface area (Å²) >= 11 is 1.41. The van der Waals surface area contributed by atoms with Crippen LogP contribution in [-0.2, 0) is 0 Å². The number of furan rings is 1. The zero-order valence-electron chi connectivity index (χ0n) is 15.2. The van der Waals surface area contributed by atoms with E-state index in [1.165, 1.54) is 22.3 Å². The van der Waals surface area contributed by atoms with E-state index in [1.807, 2.05) is 53.9 Å². The quantitative estimate of drug-likeness (QED) is 0.388. The number of nitrogens with zero attached hydrogens (tertiary/aromatic N) is 3. The van der Waals surface area contributed by atoms with Gasteiger partial charge in [0.05, 0.1) is 17.9 Å². The SMILES string of the molecule is O=c1c2c(-c3ccco3)csc2ncn1/N=C\c1ccc(-c2ccccc2)cc1. The van der Waals surface area contributed by atoms with Gasteiger partial charge in [-0.05, 0) is 28.8 Å². The third kappa shape index (κ3) is 3.30. The molecule has 0 N–H and O–H groups in total. The van der Waals surface area contributed by atoms with Gasteiger partial charge in [0.1, 0.15) is 16.9 Å². The molecule has 6 heteroatoms. The molecule has 0 atom stereocenters. The Kier molecular flexibility index (Phi) is 4.38. The van der Waals surface area contributed by atoms with Gasteiger partial charge in [0, 0.05) is 10.9 Å². The summed E-state index contributed by atoms with van der Waals surface area (Å²) in [7, 11) is 0. The van der Waals surface area contributed by atoms with Crippen molar-refractivity contribution in [2.45, 2.75) is 0 Å². The van der Waals surface area contributed by atoms with E-state index in [9.17, 15) is 4.79 Å². The summed E-state index contributed by atoms with van der Waals surface area (Å²) in [5, 5.41) is 6.72. The molecule has 0 bridgehead atoms. The van der Waals surface area contributed by atoms with Crippen LogP contribution in [0, 0.1) is 0 Å². The Labute approximate surface area is 170 Å². The van der Waals surface area contributed by atoms with Crippen LogP contribution in [0.5, 0.6) is 0 Å². The maximum absolute atomic E-state index is 12.9. The molecule has 0 radical (unpaired) electrons. The highest BCUT2D eigenvalue weighted by atomic mass is 32.1. The molecule has 2 aromatic carbocycles. The Hall–Kier alpha value is -3.77. The van der Waals surface area contributed by atoms with Crippen molar-refractivity contribution in [3.8, 4) is 22.5 Å². The average Bonchev–Trinajstić information content (AvgIpc) is 3.44. The molecule has 140 valence electrons. The summed E-state index contributed by atoms with van der Waals surface area (Å²) in [6.07, 6.45) is 4.69. The number of hydrogen-bond acceptors (Lipinski definition) is 5. The minimum Gasteiger partial charge on any atom is -0.464 e. The molecule has 0 amide bonds. The summed E-state index contributed by atoms with van der Waals surface area (Å²) in [4.78, 5) is 18.0. The van der Waals surface area contributed by atoms with Crippen LogP contribution in [0.2, 0.25) is 0 Å². The Bertz CT molecular complexity index is 1350. The molecule has 0 aliphatic heterocycles. The fraction of sp³-hybridized carbons (Fsp3) is 0. The van der Waals surface area contributed by atoms with Crippen LogP contribution >= 0.6 is 11.3 Å². The molecule has 0 aliphatic carbocycles. The van der Waals surface area contributed by atoms with E-state index in [0.29, 0.717) is 16.0 Å². The highest BCUT2D eigenvalue weighted by Crippen LogP contribution is 2.30. The summed E-state index contributed by atoms with van der Waals surface area (Å²) in [5.41, 5.74) is 3.70. The molecule has 0 unspecified atom stereocenters. The molecular weight excluding hydrogens is 382 g/mol. The summed E-state index contributed by atoms with van der Waals surface area (Å²) < 4.78 is 6.71. The Morgan fingerprint density at radius 2 is 1.76 bits per heavy atom. The molecule has 0 saturated heterocycles. The third-order valence-corrected chi connectivity index (χ3v) is 5.50. The van der Waals surface area contributed by atoms with Gasteiger partial charge in [-0.25, -0.2) is 4.98 Å². The van der Waals surface area contributed by atoms with Gasteiger partial charge in [-0.3, -0.25) is 4.79 Å². The second kappa shape index (κ2) is 7.33. The first-order valence-corrected chi connectivity index (χ1v) is 9.90. The molecule has 5 rings (SSSR count). The second-order valence-electron chi connectivity index (χ2n) is 6.43. The smallest absolute Gasteiger partial charge is 0.283 e. The predicted octanol–water partition coefficient (Wildman–Crippen LogP) is 5.27. The highest BCUT2D eigenvalue weighted by Gasteiger charge is 2.14. The van der Waals surface area contributed by atoms with Crippen molar-refractivity contribution >= 4 is 27.8 Å². The van der Waals surface area contributed by atoms with Gasteiger partial charge in [-0.2, -0.15) is 9.78 Å². The van der Waals surface area contributed by atoms with E-state index in [4.69, 9.17) is 4.42 Å². The monoisotopic (exact) mass is 397 g/mol. The maximum atomic E-state index is 12.9. The van der Waals surface area contributed by atoms with E-state index in [0.717, 1.165) is 22.3 Å². The second-order valence-corrected chi connectivity index (χ2v) is 7.29. The van der Waals surface area contributed by atoms with Crippen LogP contribution in [0.15, 0.2) is 99.0 Å². The van der Waals surface area contributed by atoms with Gasteiger partial charge in [0.15, 0.2) is 0 Å². The zero-order chi connectivity index (χ0) is 19.6. The third-order valence-electron chi connectivity index (χ3n) is 4.61. The standard InChI is InChI=1S/C23H15N3O2S/c27-23-21-19(20-7-4-12-28-20)14-29-22(21)24-15-26(23)25-13-16-8-10-18(11-9-16)17-5-2-1-3-6-17/h1-15H/b25-13-. The molecule has 5 nitrogen and oxygen atoms in total. The summed E-state index contributed by atoms with van der Waals surface area (Å²) in [6, 6.07) is 21.8. The van der Waals surface area contributed by atoms with E-state index in [2.05, 4.69) is 22.2 Å². The topological polar surface area (TPSA) is 60.4 Å². The maximum Gasteiger partial charge on any atom is 0.283 e. The van der Waals surface area contributed by atoms with Gasteiger partial charge in [0.25, 0.3) is 5.56 Å². The molecular formula is C23H15N3O2S. The zero-order valence-corrected chi connectivity index (χ0v) is 16.0. The number of hydrogen-bond donors (Lipinski definition) is 0. The van der Waals surface area contributed by atoms with Gasteiger partial charge in [-0.15, -0.1) is 11.3 Å². The van der Waals surface area contributed by atoms with E-state index in [-0.39, 0.29) is 5.56 Å². The van der Waals surface area contributed by atoms with Crippen molar-refractivity contribution < 1.29 is 4.42 Å². The number of rotatable bonds is 4. The molecule has 0 spiro atoms. The van der Waals surface area contributed by atoms with E-state index in [1.54, 1.807) is 18.5 Å². The van der Waals surface area contributed by atoms with Gasteiger partial charge in [-0.1, -0.05) is 54.6 Å². The van der Waals surface area contributed by atoms with Crippen molar-refractivity contribution in [3.05, 3.63) is 101 Å². The molecule has 3 heterocycles. The van der Waals surface area contributed by atoms with Crippen LogP contribution in [-0.4, -0.2) is 15.9 Å². The fourth-order valence-electron chi connectivity index (χ4n) is 3.14. The van der Waals surface area contributed by atoms with Crippen LogP contribution in [0.3, 0.4) is 0 Å². The lowest BCUT2D eigenvalue weighted by molar-refractivity contribution is 0.583. The van der Waals surface area contributed by atoms with E-state index < -0.39 is 0 Å². The number of fused-ring (bicyclic) bond motifs is 1. The number of benzene rings is 2. The largest absolute Gasteiger partial charge is 0.464 e. The Balaban J connectivity index is 1.47. The van der Waals surface area contributed by atoms with Crippen molar-refractivity contribution in [2.24, 2.45) is 5.10 Å². The minimum absolute atomic E-state index is 0.222. The Morgan fingerprint density at radius 1 is 0.966 bits per heavy atom. The van der Waals surface area contributed by atoms with Crippen LogP contribution in [0.4, 0.5) is 0 Å². The van der Waals surface area contributed by atoms with Crippen molar-refractivity contribution in [3.63, 3.8) is 0 Å². The first-order valence-electron chi connectivity index (χ1n) is 9.02. The fourth-order valence-corrected chi connectivity index (χ4v) is 4.03. The minimum atomic E-state index is -0.222. The van der Waals surface area contributed by atoms with Crippen LogP contribution < -0.4 is 5.56 Å². The molecule has 3 aromatic heterocycles. The first-order chi connectivity index (χ1) is 14.3. The van der Waals surface area contributed by atoms with Crippen molar-refractivity contribution in [1.29, 1.82) is 0 Å². The molecule has 0 aliphatic rings. The predicted molar refractivity (Wildman–Crippen MR) is 116 cm³/mol. The van der Waals surface area contributed by atoms with Crippen LogP contribution in [0.25, 0.3) is 32.7 Å². The molecule has 5 aromatic rings. The summed E-state index contributed by atoms with van der Waals surface area (Å²) in [6.45, 7) is 0. The van der Waals surface area contributed by atoms with Crippen molar-refractivity contribution in [1.82, 2.24) is 9.66 Å². The highest BCUT2D eigenvalue weighted by molar-refractivity contribution is 7.17. The van der Waals surface area contributed by atoms with Gasteiger partial charge < -0.3 is 4.42 Å². The molecule has 0 saturated carbocycles. The lowest BCUT2D eigenvalue weighted by Gasteiger charge is -2.02. The normalized spacial score (nSPS) is 11.4. The summed E-state index contributed by atoms with van der Waals surface area (Å²) in [5.74, 6) is 0.647. The number of aromatic nitrogens is 2.